The first kappa shape index (κ1) is 12.4. The molecule has 0 aliphatic carbocycles. The summed E-state index contributed by atoms with van der Waals surface area (Å²) in [5, 5.41) is 2.50. The second-order valence-corrected chi connectivity index (χ2v) is 7.86. The number of nitrogens with zero attached hydrogens (tertiary/aromatic N) is 2. The van der Waals surface area contributed by atoms with E-state index in [1.165, 1.54) is 18.0 Å². The highest BCUT2D eigenvalue weighted by Crippen LogP contribution is 2.55. The molecule has 0 unspecified atom stereocenters. The van der Waals surface area contributed by atoms with Gasteiger partial charge in [-0.3, -0.25) is 9.65 Å². The number of aromatic nitrogens is 2. The Morgan fingerprint density at radius 1 is 1.57 bits per heavy atom. The van der Waals surface area contributed by atoms with Crippen LogP contribution >= 0.6 is 51.8 Å². The normalized spacial score (nSPS) is 11.4. The summed E-state index contributed by atoms with van der Waals surface area (Å²) in [6, 6.07) is 0. The molecule has 0 aromatic carbocycles. The van der Waals surface area contributed by atoms with Gasteiger partial charge in [-0.05, 0) is 28.7 Å². The zero-order valence-corrected chi connectivity index (χ0v) is 10.8. The van der Waals surface area contributed by atoms with Crippen LogP contribution in [0.3, 0.4) is 0 Å². The van der Waals surface area contributed by atoms with Crippen LogP contribution < -0.4 is 5.09 Å². The molecule has 0 saturated heterocycles. The number of thioether (sulfide) groups is 1. The second kappa shape index (κ2) is 4.90. The fourth-order valence-electron chi connectivity index (χ4n) is 0.657. The number of rotatable bonds is 3. The Morgan fingerprint density at radius 3 is 2.64 bits per heavy atom. The van der Waals surface area contributed by atoms with E-state index in [9.17, 15) is 4.57 Å². The highest BCUT2D eigenvalue weighted by atomic mass is 35.9. The monoisotopic (exact) mass is 291 g/mol. The van der Waals surface area contributed by atoms with Gasteiger partial charge in [-0.15, -0.1) is 11.8 Å². The predicted molar refractivity (Wildman–Crippen MR) is 61.8 cm³/mol. The molecule has 0 bridgehead atoms. The quantitative estimate of drug-likeness (QED) is 0.521. The molecule has 1 rings (SSSR count). The van der Waals surface area contributed by atoms with E-state index in [0.29, 0.717) is 0 Å². The lowest BCUT2D eigenvalue weighted by Gasteiger charge is -2.05. The molecule has 78 valence electrons. The molecule has 0 amide bonds. The minimum Gasteiger partial charge on any atom is -0.281 e. The maximum atomic E-state index is 10.9. The first-order valence-electron chi connectivity index (χ1n) is 3.26. The van der Waals surface area contributed by atoms with Gasteiger partial charge in [0.15, 0.2) is 0 Å². The van der Waals surface area contributed by atoms with Crippen LogP contribution in [0.1, 0.15) is 0 Å². The molecule has 9 heteroatoms. The van der Waals surface area contributed by atoms with E-state index in [4.69, 9.17) is 34.1 Å². The second-order valence-electron chi connectivity index (χ2n) is 2.13. The average Bonchev–Trinajstić information content (AvgIpc) is 2.01. The van der Waals surface area contributed by atoms with Crippen molar-refractivity contribution in [2.24, 2.45) is 0 Å². The van der Waals surface area contributed by atoms with Crippen LogP contribution in [0.4, 0.5) is 5.95 Å². The van der Waals surface area contributed by atoms with Gasteiger partial charge in [-0.25, -0.2) is 4.98 Å². The van der Waals surface area contributed by atoms with Crippen LogP contribution in [0.2, 0.25) is 5.15 Å². The summed E-state index contributed by atoms with van der Waals surface area (Å²) in [6.07, 6.45) is 3.33. The van der Waals surface area contributed by atoms with Crippen LogP contribution in [0.5, 0.6) is 0 Å². The largest absolute Gasteiger partial charge is 0.345 e. The third-order valence-electron chi connectivity index (χ3n) is 1.16. The Balaban J connectivity index is 2.92. The number of nitrogens with one attached hydrogen (secondary N) is 1. The van der Waals surface area contributed by atoms with Gasteiger partial charge in [-0.1, -0.05) is 11.6 Å². The van der Waals surface area contributed by atoms with Crippen molar-refractivity contribution in [3.05, 3.63) is 11.3 Å². The fourth-order valence-corrected chi connectivity index (χ4v) is 2.18. The third kappa shape index (κ3) is 3.83. The van der Waals surface area contributed by atoms with Gasteiger partial charge in [0.1, 0.15) is 5.15 Å². The van der Waals surface area contributed by atoms with Gasteiger partial charge in [-0.2, -0.15) is 4.98 Å². The molecular weight excluding hydrogens is 287 g/mol. The molecule has 0 spiro atoms. The molecule has 1 aromatic rings. The van der Waals surface area contributed by atoms with Crippen molar-refractivity contribution in [3.63, 3.8) is 0 Å². The SMILES string of the molecule is CSc1cnc(NP(=O)(Cl)Cl)nc1Cl. The number of anilines is 1. The lowest BCUT2D eigenvalue weighted by molar-refractivity contribution is 0.595. The molecule has 4 nitrogen and oxygen atoms in total. The Labute approximate surface area is 99.7 Å². The van der Waals surface area contributed by atoms with Crippen LogP contribution in [0, 0.1) is 0 Å². The van der Waals surface area contributed by atoms with Crippen LogP contribution in [0.25, 0.3) is 0 Å². The van der Waals surface area contributed by atoms with E-state index in [1.54, 1.807) is 0 Å². The van der Waals surface area contributed by atoms with Gasteiger partial charge in [0, 0.05) is 6.20 Å². The van der Waals surface area contributed by atoms with Crippen molar-refractivity contribution in [3.8, 4) is 0 Å². The molecule has 0 radical (unpaired) electrons. The van der Waals surface area contributed by atoms with Gasteiger partial charge in [0.05, 0.1) is 4.90 Å². The Bertz CT molecular complexity index is 384. The molecule has 0 atom stereocenters. The highest BCUT2D eigenvalue weighted by Gasteiger charge is 2.15. The fraction of sp³-hybridized carbons (Fsp3) is 0.200. The summed E-state index contributed by atoms with van der Waals surface area (Å²) in [5.74, 6) is -3.38. The Morgan fingerprint density at radius 2 is 2.21 bits per heavy atom. The summed E-state index contributed by atoms with van der Waals surface area (Å²) in [6.45, 7) is 0. The van der Waals surface area contributed by atoms with Gasteiger partial charge in [0.25, 0.3) is 0 Å². The van der Waals surface area contributed by atoms with Gasteiger partial charge in [0.2, 0.25) is 5.95 Å². The zero-order valence-electron chi connectivity index (χ0n) is 6.87. The lowest BCUT2D eigenvalue weighted by Crippen LogP contribution is -1.95. The summed E-state index contributed by atoms with van der Waals surface area (Å²) in [5.41, 5.74) is 0. The van der Waals surface area contributed by atoms with E-state index < -0.39 is 6.00 Å². The van der Waals surface area contributed by atoms with Crippen LogP contribution in [-0.4, -0.2) is 16.2 Å². The van der Waals surface area contributed by atoms with Gasteiger partial charge < -0.3 is 0 Å². The number of hydrogen-bond acceptors (Lipinski definition) is 4. The van der Waals surface area contributed by atoms with E-state index in [-0.39, 0.29) is 11.1 Å². The molecule has 1 aromatic heterocycles. The average molecular weight is 293 g/mol. The minimum atomic E-state index is -3.43. The first-order chi connectivity index (χ1) is 6.42. The molecule has 0 aliphatic heterocycles. The van der Waals surface area contributed by atoms with Crippen LogP contribution in [-0.2, 0) is 4.57 Å². The smallest absolute Gasteiger partial charge is 0.281 e. The molecule has 0 fully saturated rings. The van der Waals surface area contributed by atoms with Crippen molar-refractivity contribution < 1.29 is 4.57 Å². The van der Waals surface area contributed by atoms with Crippen molar-refractivity contribution in [2.45, 2.75) is 4.90 Å². The molecular formula is C5H5Cl3N3OPS. The van der Waals surface area contributed by atoms with E-state index in [2.05, 4.69) is 15.1 Å². The minimum absolute atomic E-state index is 0.0427. The summed E-state index contributed by atoms with van der Waals surface area (Å²) >= 11 is 17.7. The van der Waals surface area contributed by atoms with Crippen molar-refractivity contribution in [2.75, 3.05) is 11.3 Å². The topological polar surface area (TPSA) is 54.9 Å². The van der Waals surface area contributed by atoms with E-state index in [0.717, 1.165) is 4.90 Å². The van der Waals surface area contributed by atoms with Crippen LogP contribution in [0.15, 0.2) is 11.1 Å². The summed E-state index contributed by atoms with van der Waals surface area (Å²) in [7, 11) is 0. The molecule has 0 saturated carbocycles. The van der Waals surface area contributed by atoms with E-state index in [1.807, 2.05) is 6.26 Å². The lowest BCUT2D eigenvalue weighted by atomic mass is 10.7. The molecule has 14 heavy (non-hydrogen) atoms. The summed E-state index contributed by atoms with van der Waals surface area (Å²) in [4.78, 5) is 8.36. The van der Waals surface area contributed by atoms with Crippen molar-refractivity contribution in [1.82, 2.24) is 9.97 Å². The number of halogens is 3. The maximum absolute atomic E-state index is 10.9. The maximum Gasteiger partial charge on any atom is 0.345 e. The highest BCUT2D eigenvalue weighted by molar-refractivity contribution is 8.09. The Kier molecular flexibility index (Phi) is 4.34. The van der Waals surface area contributed by atoms with Crippen molar-refractivity contribution >= 4 is 57.8 Å². The zero-order chi connectivity index (χ0) is 10.8. The van der Waals surface area contributed by atoms with Crippen molar-refractivity contribution in [1.29, 1.82) is 0 Å². The van der Waals surface area contributed by atoms with Gasteiger partial charge >= 0.3 is 6.00 Å². The summed E-state index contributed by atoms with van der Waals surface area (Å²) < 4.78 is 10.9. The molecule has 1 heterocycles. The molecule has 1 N–H and O–H groups in total. The number of hydrogen-bond donors (Lipinski definition) is 1. The third-order valence-corrected chi connectivity index (χ3v) is 3.27. The first-order valence-corrected chi connectivity index (χ1v) is 8.38. The van der Waals surface area contributed by atoms with E-state index >= 15 is 0 Å². The predicted octanol–water partition coefficient (Wildman–Crippen LogP) is 3.85. The molecule has 0 aliphatic rings. The Hall–Kier alpha value is 0.330. The standard InChI is InChI=1S/C5H5Cl3N3OPS/c1-14-3-2-9-5(10-4(3)6)11-13(7,8)12/h2H,1H3,(H,9,10,11,12).